The maximum Gasteiger partial charge on any atom is 0.237 e. The molecule has 1 aliphatic heterocycles. The van der Waals surface area contributed by atoms with Crippen molar-refractivity contribution in [2.75, 3.05) is 0 Å². The first kappa shape index (κ1) is 19.2. The van der Waals surface area contributed by atoms with Gasteiger partial charge in [-0.25, -0.2) is 0 Å². The summed E-state index contributed by atoms with van der Waals surface area (Å²) in [5.41, 5.74) is 2.25. The fourth-order valence-corrected chi connectivity index (χ4v) is 4.43. The van der Waals surface area contributed by atoms with Crippen LogP contribution in [-0.2, 0) is 17.8 Å². The standard InChI is InChI=1S/C22H34N2O2/c1-15(2)20(11-16-7-5-3-4-6-8-16)24-22(26)21-13-17-9-10-19(25)12-18(17)14-23-21/h9-10,12,15-16,20-21,23,25H,3-8,11,13-14H2,1-2H3,(H,24,26)/t20-,21?/m1/s1. The molecule has 3 N–H and O–H groups in total. The summed E-state index contributed by atoms with van der Waals surface area (Å²) in [7, 11) is 0. The first-order chi connectivity index (χ1) is 12.5. The highest BCUT2D eigenvalue weighted by Gasteiger charge is 2.28. The molecule has 0 spiro atoms. The van der Waals surface area contributed by atoms with E-state index in [-0.39, 0.29) is 23.7 Å². The van der Waals surface area contributed by atoms with Crippen molar-refractivity contribution >= 4 is 5.91 Å². The van der Waals surface area contributed by atoms with Crippen LogP contribution in [0.25, 0.3) is 0 Å². The molecule has 1 unspecified atom stereocenters. The number of carbonyl (C=O) groups is 1. The molecular weight excluding hydrogens is 324 g/mol. The molecular formula is C22H34N2O2. The van der Waals surface area contributed by atoms with Crippen molar-refractivity contribution in [3.63, 3.8) is 0 Å². The van der Waals surface area contributed by atoms with Gasteiger partial charge in [-0.15, -0.1) is 0 Å². The lowest BCUT2D eigenvalue weighted by Gasteiger charge is -2.31. The highest BCUT2D eigenvalue weighted by Crippen LogP contribution is 2.28. The number of amides is 1. The Hall–Kier alpha value is -1.55. The zero-order valence-electron chi connectivity index (χ0n) is 16.3. The Morgan fingerprint density at radius 1 is 1.19 bits per heavy atom. The van der Waals surface area contributed by atoms with Gasteiger partial charge in [-0.2, -0.15) is 0 Å². The van der Waals surface area contributed by atoms with E-state index in [0.29, 0.717) is 18.9 Å². The van der Waals surface area contributed by atoms with E-state index < -0.39 is 0 Å². The molecule has 1 saturated carbocycles. The summed E-state index contributed by atoms with van der Waals surface area (Å²) < 4.78 is 0. The van der Waals surface area contributed by atoms with Crippen molar-refractivity contribution in [3.8, 4) is 5.75 Å². The van der Waals surface area contributed by atoms with Crippen LogP contribution in [0.2, 0.25) is 0 Å². The minimum atomic E-state index is -0.178. The van der Waals surface area contributed by atoms with Crippen LogP contribution in [0.1, 0.15) is 69.9 Å². The molecule has 144 valence electrons. The number of benzene rings is 1. The molecule has 1 amide bonds. The Kier molecular flexibility index (Phi) is 6.58. The number of hydrogen-bond donors (Lipinski definition) is 3. The van der Waals surface area contributed by atoms with Crippen molar-refractivity contribution in [2.45, 2.75) is 83.8 Å². The van der Waals surface area contributed by atoms with Gasteiger partial charge in [0.2, 0.25) is 5.91 Å². The van der Waals surface area contributed by atoms with Gasteiger partial charge in [0.05, 0.1) is 6.04 Å². The van der Waals surface area contributed by atoms with E-state index in [4.69, 9.17) is 0 Å². The number of aromatic hydroxyl groups is 1. The number of carbonyl (C=O) groups excluding carboxylic acids is 1. The van der Waals surface area contributed by atoms with E-state index in [1.807, 2.05) is 6.07 Å². The van der Waals surface area contributed by atoms with Gasteiger partial charge in [-0.3, -0.25) is 4.79 Å². The van der Waals surface area contributed by atoms with Crippen molar-refractivity contribution in [2.24, 2.45) is 11.8 Å². The predicted octanol–water partition coefficient (Wildman–Crippen LogP) is 3.91. The van der Waals surface area contributed by atoms with Gasteiger partial charge in [0, 0.05) is 12.6 Å². The lowest BCUT2D eigenvalue weighted by molar-refractivity contribution is -0.124. The maximum absolute atomic E-state index is 12.9. The lowest BCUT2D eigenvalue weighted by atomic mass is 9.87. The number of fused-ring (bicyclic) bond motifs is 1. The minimum absolute atomic E-state index is 0.121. The molecule has 0 aromatic heterocycles. The number of rotatable bonds is 5. The van der Waals surface area contributed by atoms with Crippen LogP contribution in [0.4, 0.5) is 0 Å². The Morgan fingerprint density at radius 2 is 1.92 bits per heavy atom. The average Bonchev–Trinajstić information content (AvgIpc) is 2.89. The number of hydrogen-bond acceptors (Lipinski definition) is 3. The summed E-state index contributed by atoms with van der Waals surface area (Å²) in [5.74, 6) is 1.62. The van der Waals surface area contributed by atoms with Crippen molar-refractivity contribution in [1.29, 1.82) is 0 Å². The SMILES string of the molecule is CC(C)[C@@H](CC1CCCCCC1)NC(=O)C1Cc2ccc(O)cc2CN1. The fraction of sp³-hybridized carbons (Fsp3) is 0.682. The Morgan fingerprint density at radius 3 is 2.62 bits per heavy atom. The van der Waals surface area contributed by atoms with Crippen LogP contribution in [-0.4, -0.2) is 23.1 Å². The van der Waals surface area contributed by atoms with Gasteiger partial charge in [0.25, 0.3) is 0 Å². The normalized spacial score (nSPS) is 22.5. The molecule has 1 aromatic rings. The van der Waals surface area contributed by atoms with Crippen molar-refractivity contribution in [1.82, 2.24) is 10.6 Å². The Balaban J connectivity index is 1.58. The lowest BCUT2D eigenvalue weighted by Crippen LogP contribution is -2.51. The molecule has 4 nitrogen and oxygen atoms in total. The summed E-state index contributed by atoms with van der Waals surface area (Å²) in [6, 6.07) is 5.52. The largest absolute Gasteiger partial charge is 0.508 e. The van der Waals surface area contributed by atoms with Gasteiger partial charge < -0.3 is 15.7 Å². The highest BCUT2D eigenvalue weighted by molar-refractivity contribution is 5.82. The molecule has 1 aliphatic carbocycles. The maximum atomic E-state index is 12.9. The molecule has 4 heteroatoms. The second kappa shape index (κ2) is 8.90. The quantitative estimate of drug-likeness (QED) is 0.700. The smallest absolute Gasteiger partial charge is 0.237 e. The van der Waals surface area contributed by atoms with Crippen molar-refractivity contribution in [3.05, 3.63) is 29.3 Å². The van der Waals surface area contributed by atoms with E-state index in [1.165, 1.54) is 38.5 Å². The first-order valence-corrected chi connectivity index (χ1v) is 10.4. The summed E-state index contributed by atoms with van der Waals surface area (Å²) >= 11 is 0. The molecule has 0 saturated heterocycles. The van der Waals surface area contributed by atoms with Crippen molar-refractivity contribution < 1.29 is 9.90 Å². The van der Waals surface area contributed by atoms with Crippen LogP contribution >= 0.6 is 0 Å². The number of nitrogens with one attached hydrogen (secondary N) is 2. The van der Waals surface area contributed by atoms with Crippen LogP contribution in [0, 0.1) is 11.8 Å². The van der Waals surface area contributed by atoms with E-state index in [1.54, 1.807) is 12.1 Å². The van der Waals surface area contributed by atoms with Gasteiger partial charge in [0.1, 0.15) is 5.75 Å². The van der Waals surface area contributed by atoms with E-state index in [0.717, 1.165) is 23.5 Å². The number of phenols is 1. The van der Waals surface area contributed by atoms with Gasteiger partial charge in [-0.05, 0) is 47.9 Å². The summed E-state index contributed by atoms with van der Waals surface area (Å²) in [6.45, 7) is 5.07. The minimum Gasteiger partial charge on any atom is -0.508 e. The van der Waals surface area contributed by atoms with Crippen LogP contribution in [0.5, 0.6) is 5.75 Å². The zero-order chi connectivity index (χ0) is 18.5. The zero-order valence-corrected chi connectivity index (χ0v) is 16.3. The van der Waals surface area contributed by atoms with E-state index >= 15 is 0 Å². The van der Waals surface area contributed by atoms with Gasteiger partial charge in [-0.1, -0.05) is 58.4 Å². The third kappa shape index (κ3) is 5.00. The molecule has 1 fully saturated rings. The third-order valence-electron chi connectivity index (χ3n) is 6.16. The van der Waals surface area contributed by atoms with E-state index in [9.17, 15) is 9.90 Å². The molecule has 1 aromatic carbocycles. The Labute approximate surface area is 157 Å². The van der Waals surface area contributed by atoms with E-state index in [2.05, 4.69) is 24.5 Å². The van der Waals surface area contributed by atoms with Crippen LogP contribution in [0.15, 0.2) is 18.2 Å². The molecule has 2 atom stereocenters. The predicted molar refractivity (Wildman–Crippen MR) is 105 cm³/mol. The first-order valence-electron chi connectivity index (χ1n) is 10.4. The molecule has 26 heavy (non-hydrogen) atoms. The second-order valence-corrected chi connectivity index (χ2v) is 8.54. The second-order valence-electron chi connectivity index (χ2n) is 8.54. The topological polar surface area (TPSA) is 61.4 Å². The van der Waals surface area contributed by atoms with Crippen LogP contribution < -0.4 is 10.6 Å². The average molecular weight is 359 g/mol. The summed E-state index contributed by atoms with van der Waals surface area (Å²) in [4.78, 5) is 12.9. The molecule has 0 bridgehead atoms. The fourth-order valence-electron chi connectivity index (χ4n) is 4.43. The molecule has 0 radical (unpaired) electrons. The monoisotopic (exact) mass is 358 g/mol. The molecule has 2 aliphatic rings. The number of phenolic OH excluding ortho intramolecular Hbond substituents is 1. The summed E-state index contributed by atoms with van der Waals surface area (Å²) in [6.07, 6.45) is 9.87. The highest BCUT2D eigenvalue weighted by atomic mass is 16.3. The van der Waals surface area contributed by atoms with Gasteiger partial charge >= 0.3 is 0 Å². The van der Waals surface area contributed by atoms with Crippen LogP contribution in [0.3, 0.4) is 0 Å². The van der Waals surface area contributed by atoms with Gasteiger partial charge in [0.15, 0.2) is 0 Å². The molecule has 1 heterocycles. The summed E-state index contributed by atoms with van der Waals surface area (Å²) in [5, 5.41) is 16.3. The molecule has 3 rings (SSSR count). The Bertz CT molecular complexity index is 606. The third-order valence-corrected chi connectivity index (χ3v) is 6.16.